The third-order valence-corrected chi connectivity index (χ3v) is 2.76. The molecule has 0 saturated carbocycles. The molecule has 0 N–H and O–H groups in total. The second-order valence-electron chi connectivity index (χ2n) is 3.50. The minimum Gasteiger partial charge on any atom is -0.287 e. The van der Waals surface area contributed by atoms with Crippen LogP contribution in [0.25, 0.3) is 5.69 Å². The molecule has 0 aliphatic rings. The molecule has 0 fully saturated rings. The maximum absolute atomic E-state index is 11.4. The number of halogens is 1. The van der Waals surface area contributed by atoms with Crippen molar-refractivity contribution >= 4 is 15.9 Å². The van der Waals surface area contributed by atoms with E-state index in [-0.39, 0.29) is 11.1 Å². The topological polar surface area (TPSA) is 58.7 Å². The molecule has 0 radical (unpaired) electrons. The van der Waals surface area contributed by atoms with Crippen LogP contribution in [0.4, 0.5) is 0 Å². The fraction of sp³-hybridized carbons (Fsp3) is 0.0833. The molecule has 84 valence electrons. The summed E-state index contributed by atoms with van der Waals surface area (Å²) in [4.78, 5) is 11.4. The lowest BCUT2D eigenvalue weighted by Crippen LogP contribution is -2.16. The third-order valence-electron chi connectivity index (χ3n) is 2.27. The number of benzene rings is 1. The highest BCUT2D eigenvalue weighted by molar-refractivity contribution is 9.10. The molecule has 0 bridgehead atoms. The Kier molecular flexibility index (Phi) is 3.07. The Hall–Kier alpha value is -1.93. The van der Waals surface area contributed by atoms with Crippen LogP contribution in [0, 0.1) is 18.3 Å². The summed E-state index contributed by atoms with van der Waals surface area (Å²) in [5, 5.41) is 12.8. The normalized spacial score (nSPS) is 9.94. The highest BCUT2D eigenvalue weighted by Crippen LogP contribution is 2.15. The van der Waals surface area contributed by atoms with Crippen LogP contribution in [0.3, 0.4) is 0 Å². The first-order valence-electron chi connectivity index (χ1n) is 4.89. The molecule has 4 nitrogen and oxygen atoms in total. The zero-order chi connectivity index (χ0) is 12.4. The molecule has 0 spiro atoms. The third kappa shape index (κ3) is 2.27. The Balaban J connectivity index is 2.68. The fourth-order valence-corrected chi connectivity index (χ4v) is 1.88. The van der Waals surface area contributed by atoms with E-state index in [0.717, 1.165) is 10.2 Å². The van der Waals surface area contributed by atoms with E-state index in [4.69, 9.17) is 5.26 Å². The van der Waals surface area contributed by atoms with Crippen molar-refractivity contribution in [2.45, 2.75) is 6.92 Å². The van der Waals surface area contributed by atoms with Crippen molar-refractivity contribution in [2.75, 3.05) is 0 Å². The summed E-state index contributed by atoms with van der Waals surface area (Å²) >= 11 is 3.37. The van der Waals surface area contributed by atoms with Gasteiger partial charge in [0.2, 0.25) is 11.1 Å². The summed E-state index contributed by atoms with van der Waals surface area (Å²) in [6, 6.07) is 10.7. The Morgan fingerprint density at radius 3 is 2.82 bits per heavy atom. The second kappa shape index (κ2) is 4.52. The van der Waals surface area contributed by atoms with Gasteiger partial charge in [0.1, 0.15) is 6.07 Å². The molecule has 5 heteroatoms. The number of aromatic nitrogens is 2. The molecule has 0 amide bonds. The van der Waals surface area contributed by atoms with E-state index in [9.17, 15) is 4.79 Å². The van der Waals surface area contributed by atoms with Crippen molar-refractivity contribution in [1.29, 1.82) is 5.26 Å². The van der Waals surface area contributed by atoms with Crippen molar-refractivity contribution < 1.29 is 0 Å². The molecule has 0 aliphatic heterocycles. The van der Waals surface area contributed by atoms with Crippen molar-refractivity contribution in [1.82, 2.24) is 9.78 Å². The summed E-state index contributed by atoms with van der Waals surface area (Å²) in [5.74, 6) is 0. The molecule has 1 aromatic carbocycles. The summed E-state index contributed by atoms with van der Waals surface area (Å²) in [5.41, 5.74) is 1.03. The van der Waals surface area contributed by atoms with Crippen LogP contribution in [0.1, 0.15) is 11.4 Å². The molecular weight excluding hydrogens is 282 g/mol. The van der Waals surface area contributed by atoms with E-state index in [1.165, 1.54) is 6.07 Å². The Morgan fingerprint density at radius 2 is 2.18 bits per heavy atom. The quantitative estimate of drug-likeness (QED) is 0.808. The highest BCUT2D eigenvalue weighted by Gasteiger charge is 2.06. The van der Waals surface area contributed by atoms with Gasteiger partial charge in [0, 0.05) is 16.2 Å². The summed E-state index contributed by atoms with van der Waals surface area (Å²) in [6.07, 6.45) is 0. The van der Waals surface area contributed by atoms with Crippen LogP contribution in [-0.4, -0.2) is 9.78 Å². The number of aryl methyl sites for hydroxylation is 1. The van der Waals surface area contributed by atoms with Gasteiger partial charge in [-0.15, -0.1) is 0 Å². The van der Waals surface area contributed by atoms with Gasteiger partial charge in [-0.3, -0.25) is 4.79 Å². The maximum atomic E-state index is 11.4. The predicted molar refractivity (Wildman–Crippen MR) is 67.0 cm³/mol. The molecule has 0 aliphatic carbocycles. The molecule has 2 aromatic rings. The van der Waals surface area contributed by atoms with Crippen molar-refractivity contribution in [3.05, 3.63) is 56.4 Å². The lowest BCUT2D eigenvalue weighted by atomic mass is 10.3. The Bertz CT molecular complexity index is 670. The lowest BCUT2D eigenvalue weighted by Gasteiger charge is -2.09. The van der Waals surface area contributed by atoms with E-state index < -0.39 is 0 Å². The number of nitriles is 1. The van der Waals surface area contributed by atoms with Crippen molar-refractivity contribution in [3.8, 4) is 11.8 Å². The van der Waals surface area contributed by atoms with Crippen molar-refractivity contribution in [2.24, 2.45) is 0 Å². The average molecular weight is 290 g/mol. The standard InChI is InChI=1S/C12H8BrN3O/c1-8-5-12(17)11(7-14)15-16(8)10-4-2-3-9(13)6-10/h2-6H,1H3. The van der Waals surface area contributed by atoms with Gasteiger partial charge in [-0.05, 0) is 25.1 Å². The van der Waals surface area contributed by atoms with Crippen molar-refractivity contribution in [3.63, 3.8) is 0 Å². The van der Waals surface area contributed by atoms with Gasteiger partial charge in [0.05, 0.1) is 5.69 Å². The minimum absolute atomic E-state index is 0.101. The SMILES string of the molecule is Cc1cc(=O)c(C#N)nn1-c1cccc(Br)c1. The minimum atomic E-state index is -0.351. The van der Waals surface area contributed by atoms with Gasteiger partial charge in [-0.2, -0.15) is 10.4 Å². The van der Waals surface area contributed by atoms with E-state index in [0.29, 0.717) is 5.69 Å². The van der Waals surface area contributed by atoms with Crippen LogP contribution in [0.15, 0.2) is 39.6 Å². The van der Waals surface area contributed by atoms with E-state index in [1.807, 2.05) is 24.3 Å². The molecule has 17 heavy (non-hydrogen) atoms. The molecule has 1 aromatic heterocycles. The van der Waals surface area contributed by atoms with Crippen LogP contribution >= 0.6 is 15.9 Å². The van der Waals surface area contributed by atoms with Gasteiger partial charge in [0.15, 0.2) is 0 Å². The zero-order valence-electron chi connectivity index (χ0n) is 9.01. The van der Waals surface area contributed by atoms with Crippen LogP contribution < -0.4 is 5.43 Å². The van der Waals surface area contributed by atoms with Gasteiger partial charge in [-0.25, -0.2) is 4.68 Å². The molecule has 0 saturated heterocycles. The molecule has 0 unspecified atom stereocenters. The predicted octanol–water partition coefficient (Wildman–Crippen LogP) is 2.18. The number of nitrogens with zero attached hydrogens (tertiary/aromatic N) is 3. The van der Waals surface area contributed by atoms with Gasteiger partial charge >= 0.3 is 0 Å². The molecule has 1 heterocycles. The maximum Gasteiger partial charge on any atom is 0.218 e. The summed E-state index contributed by atoms with van der Waals surface area (Å²) in [6.45, 7) is 1.77. The molecule has 2 rings (SSSR count). The summed E-state index contributed by atoms with van der Waals surface area (Å²) in [7, 11) is 0. The lowest BCUT2D eigenvalue weighted by molar-refractivity contribution is 0.789. The highest BCUT2D eigenvalue weighted by atomic mass is 79.9. The van der Waals surface area contributed by atoms with E-state index >= 15 is 0 Å². The van der Waals surface area contributed by atoms with Crippen LogP contribution in [-0.2, 0) is 0 Å². The molecular formula is C12H8BrN3O. The van der Waals surface area contributed by atoms with Gasteiger partial charge in [-0.1, -0.05) is 22.0 Å². The number of hydrogen-bond donors (Lipinski definition) is 0. The first kappa shape index (κ1) is 11.6. The monoisotopic (exact) mass is 289 g/mol. The van der Waals surface area contributed by atoms with Crippen LogP contribution in [0.2, 0.25) is 0 Å². The summed E-state index contributed by atoms with van der Waals surface area (Å²) < 4.78 is 2.48. The first-order chi connectivity index (χ1) is 8.11. The first-order valence-corrected chi connectivity index (χ1v) is 5.68. The second-order valence-corrected chi connectivity index (χ2v) is 4.42. The Morgan fingerprint density at radius 1 is 1.41 bits per heavy atom. The van der Waals surface area contributed by atoms with Crippen LogP contribution in [0.5, 0.6) is 0 Å². The largest absolute Gasteiger partial charge is 0.287 e. The number of rotatable bonds is 1. The van der Waals surface area contributed by atoms with E-state index in [2.05, 4.69) is 21.0 Å². The Labute approximate surface area is 106 Å². The van der Waals surface area contributed by atoms with E-state index in [1.54, 1.807) is 17.7 Å². The fourth-order valence-electron chi connectivity index (χ4n) is 1.49. The average Bonchev–Trinajstić information content (AvgIpc) is 2.29. The van der Waals surface area contributed by atoms with Gasteiger partial charge in [0.25, 0.3) is 0 Å². The number of hydrogen-bond acceptors (Lipinski definition) is 3. The smallest absolute Gasteiger partial charge is 0.218 e. The molecule has 0 atom stereocenters. The van der Waals surface area contributed by atoms with Gasteiger partial charge < -0.3 is 0 Å². The zero-order valence-corrected chi connectivity index (χ0v) is 10.6.